The van der Waals surface area contributed by atoms with Crippen LogP contribution in [0.5, 0.6) is 0 Å². The molecule has 0 heterocycles. The Balaban J connectivity index is -0.000000174. The van der Waals surface area contributed by atoms with E-state index in [0.29, 0.717) is 0 Å². The van der Waals surface area contributed by atoms with Crippen LogP contribution in [0, 0.1) is 0 Å². The molecular weight excluding hydrogens is 542 g/mol. The Bertz CT molecular complexity index is 380. The van der Waals surface area contributed by atoms with Crippen LogP contribution in [-0.4, -0.2) is 66.9 Å². The molecular formula is C21H45FeN3S6+3. The van der Waals surface area contributed by atoms with Crippen LogP contribution in [0.4, 0.5) is 0 Å². The zero-order chi connectivity index (χ0) is 23.9. The molecule has 0 rings (SSSR count). The third-order valence-corrected chi connectivity index (χ3v) is 5.92. The van der Waals surface area contributed by atoms with Crippen molar-refractivity contribution in [3.05, 3.63) is 0 Å². The van der Waals surface area contributed by atoms with E-state index in [9.17, 15) is 0 Å². The molecule has 0 amide bonds. The van der Waals surface area contributed by atoms with Gasteiger partial charge in [-0.15, -0.1) is 0 Å². The largest absolute Gasteiger partial charge is 3.00 e. The molecule has 0 aliphatic heterocycles. The molecule has 31 heavy (non-hydrogen) atoms. The molecule has 0 unspecified atom stereocenters. The molecule has 0 aliphatic rings. The second-order valence-corrected chi connectivity index (χ2v) is 9.99. The summed E-state index contributed by atoms with van der Waals surface area (Å²) >= 11 is 27.1. The first-order chi connectivity index (χ1) is 14.2. The van der Waals surface area contributed by atoms with Crippen LogP contribution in [0.15, 0.2) is 0 Å². The van der Waals surface area contributed by atoms with Crippen LogP contribution >= 0.6 is 0 Å². The SMILES string of the molecule is CCCCN(CC)C([S-])=[SH+].CCCCN(CC)C([S-])=[SH+].CCCCN(CC)C([S-])=[SH+].[Fe+3]. The van der Waals surface area contributed by atoms with Gasteiger partial charge >= 0.3 is 17.1 Å². The van der Waals surface area contributed by atoms with Gasteiger partial charge in [0.05, 0.1) is 0 Å². The quantitative estimate of drug-likeness (QED) is 0.113. The predicted octanol–water partition coefficient (Wildman–Crippen LogP) is 3.06. The van der Waals surface area contributed by atoms with E-state index in [2.05, 4.69) is 92.9 Å². The van der Waals surface area contributed by atoms with E-state index < -0.39 is 0 Å². The number of hydrogen-bond donors (Lipinski definition) is 0. The number of thiol groups is 3. The third kappa shape index (κ3) is 27.8. The number of hydrogen-bond acceptors (Lipinski definition) is 3. The molecule has 10 heteroatoms. The van der Waals surface area contributed by atoms with Crippen molar-refractivity contribution < 1.29 is 17.1 Å². The van der Waals surface area contributed by atoms with Crippen LogP contribution in [-0.2, 0) is 91.6 Å². The molecule has 0 bridgehead atoms. The minimum atomic E-state index is 0. The van der Waals surface area contributed by atoms with Crippen LogP contribution in [0.2, 0.25) is 0 Å². The van der Waals surface area contributed by atoms with Crippen molar-refractivity contribution in [2.75, 3.05) is 39.3 Å². The van der Waals surface area contributed by atoms with Gasteiger partial charge in [-0.2, -0.15) is 0 Å². The maximum Gasteiger partial charge on any atom is 3.00 e. The molecule has 0 aliphatic carbocycles. The Morgan fingerprint density at radius 1 is 0.516 bits per heavy atom. The fraction of sp³-hybridized carbons (Fsp3) is 0.857. The van der Waals surface area contributed by atoms with Crippen molar-refractivity contribution in [1.29, 1.82) is 0 Å². The number of rotatable bonds is 12. The van der Waals surface area contributed by atoms with Crippen molar-refractivity contribution in [3.8, 4) is 0 Å². The van der Waals surface area contributed by atoms with Crippen molar-refractivity contribution in [3.63, 3.8) is 0 Å². The van der Waals surface area contributed by atoms with Gasteiger partial charge in [0.1, 0.15) is 49.6 Å². The normalized spacial score (nSPS) is 10.1. The summed E-state index contributed by atoms with van der Waals surface area (Å²) in [6.45, 7) is 18.9. The van der Waals surface area contributed by atoms with Gasteiger partial charge in [0.25, 0.3) is 0 Å². The van der Waals surface area contributed by atoms with Crippen LogP contribution < -0.4 is 0 Å². The Hall–Kier alpha value is 1.72. The maximum absolute atomic E-state index is 4.92. The fourth-order valence-corrected chi connectivity index (χ4v) is 3.60. The molecule has 185 valence electrons. The van der Waals surface area contributed by atoms with Gasteiger partial charge in [-0.1, -0.05) is 60.8 Å². The van der Waals surface area contributed by atoms with E-state index in [1.54, 1.807) is 0 Å². The molecule has 0 aromatic carbocycles. The average molecular weight is 588 g/mol. The van der Waals surface area contributed by atoms with Crippen LogP contribution in [0.25, 0.3) is 0 Å². The minimum absolute atomic E-state index is 0. The third-order valence-electron chi connectivity index (χ3n) is 4.30. The monoisotopic (exact) mass is 587 g/mol. The summed E-state index contributed by atoms with van der Waals surface area (Å²) in [5.41, 5.74) is 0. The molecule has 0 spiro atoms. The van der Waals surface area contributed by atoms with Gasteiger partial charge < -0.3 is 37.9 Å². The Kier molecular flexibility index (Phi) is 38.3. The first kappa shape index (κ1) is 39.9. The molecule has 1 radical (unpaired) electrons. The molecule has 0 aromatic rings. The van der Waals surface area contributed by atoms with E-state index in [1.807, 2.05) is 0 Å². The Morgan fingerprint density at radius 2 is 0.710 bits per heavy atom. The van der Waals surface area contributed by atoms with Gasteiger partial charge in [0.15, 0.2) is 0 Å². The van der Waals surface area contributed by atoms with E-state index >= 15 is 0 Å². The minimum Gasteiger partial charge on any atom is -0.680 e. The summed E-state index contributed by atoms with van der Waals surface area (Å²) in [4.78, 5) is 6.30. The summed E-state index contributed by atoms with van der Waals surface area (Å²) < 4.78 is 2.16. The van der Waals surface area contributed by atoms with E-state index in [4.69, 9.17) is 37.9 Å². The van der Waals surface area contributed by atoms with Crippen molar-refractivity contribution in [1.82, 2.24) is 14.7 Å². The fourth-order valence-electron chi connectivity index (χ4n) is 2.21. The molecule has 0 fully saturated rings. The van der Waals surface area contributed by atoms with E-state index in [-0.39, 0.29) is 17.1 Å². The number of nitrogens with zero attached hydrogens (tertiary/aromatic N) is 3. The molecule has 0 saturated carbocycles. The van der Waals surface area contributed by atoms with Crippen molar-refractivity contribution in [2.45, 2.75) is 80.1 Å². The topological polar surface area (TPSA) is 9.72 Å². The Morgan fingerprint density at radius 3 is 0.806 bits per heavy atom. The van der Waals surface area contributed by atoms with Gasteiger partial charge in [-0.05, 0) is 19.3 Å². The van der Waals surface area contributed by atoms with Gasteiger partial charge in [-0.25, -0.2) is 0 Å². The summed E-state index contributed by atoms with van der Waals surface area (Å²) in [5, 5.41) is 0. The molecule has 0 atom stereocenters. The van der Waals surface area contributed by atoms with Gasteiger partial charge in [-0.3, -0.25) is 14.7 Å². The van der Waals surface area contributed by atoms with Gasteiger partial charge in [0, 0.05) is 39.3 Å². The van der Waals surface area contributed by atoms with Crippen LogP contribution in [0.3, 0.4) is 0 Å². The summed E-state index contributed by atoms with van der Waals surface area (Å²) in [5.74, 6) is 0. The summed E-state index contributed by atoms with van der Waals surface area (Å²) in [6, 6.07) is 0. The van der Waals surface area contributed by atoms with Crippen molar-refractivity contribution in [2.24, 2.45) is 0 Å². The van der Waals surface area contributed by atoms with E-state index in [0.717, 1.165) is 52.2 Å². The van der Waals surface area contributed by atoms with Crippen molar-refractivity contribution >= 4 is 87.5 Å². The molecule has 0 saturated heterocycles. The number of unbranched alkanes of at least 4 members (excludes halogenated alkanes) is 3. The first-order valence-electron chi connectivity index (χ1n) is 11.1. The summed E-state index contributed by atoms with van der Waals surface area (Å²) in [6.07, 6.45) is 7.25. The van der Waals surface area contributed by atoms with Gasteiger partial charge in [0.2, 0.25) is 0 Å². The average Bonchev–Trinajstić information content (AvgIpc) is 2.70. The smallest absolute Gasteiger partial charge is 0.680 e. The zero-order valence-electron chi connectivity index (χ0n) is 20.2. The summed E-state index contributed by atoms with van der Waals surface area (Å²) in [7, 11) is 0. The maximum atomic E-state index is 4.92. The zero-order valence-corrected chi connectivity index (χ0v) is 26.5. The molecule has 0 aromatic heterocycles. The Labute approximate surface area is 236 Å². The second-order valence-electron chi connectivity index (χ2n) is 6.65. The van der Waals surface area contributed by atoms with E-state index in [1.165, 1.54) is 38.5 Å². The molecule has 0 N–H and O–H groups in total. The molecule has 3 nitrogen and oxygen atoms in total. The van der Waals surface area contributed by atoms with Crippen LogP contribution in [0.1, 0.15) is 80.1 Å². The standard InChI is InChI=1S/3C7H15NS2.Fe/c3*1-3-5-6-8(4-2)7(9)10;/h3*3-6H2,1-2H3,(H,9,10);/q;;;+3. The predicted molar refractivity (Wildman–Crippen MR) is 160 cm³/mol. The second kappa shape index (κ2) is 29.8. The first-order valence-corrected chi connectivity index (χ1v) is 13.7.